The van der Waals surface area contributed by atoms with Crippen LogP contribution in [-0.2, 0) is 4.79 Å². The number of benzene rings is 2. The van der Waals surface area contributed by atoms with Gasteiger partial charge >= 0.3 is 6.01 Å². The van der Waals surface area contributed by atoms with Crippen LogP contribution in [0.2, 0.25) is 0 Å². The molecule has 2 aromatic carbocycles. The number of amides is 1. The molecule has 3 fully saturated rings. The minimum Gasteiger partial charge on any atom is -0.461 e. The molecule has 1 amide bonds. The fourth-order valence-electron chi connectivity index (χ4n) is 7.96. The highest BCUT2D eigenvalue weighted by molar-refractivity contribution is 5.99. The molecule has 0 N–H and O–H groups in total. The van der Waals surface area contributed by atoms with Gasteiger partial charge in [0.1, 0.15) is 35.6 Å². The van der Waals surface area contributed by atoms with Gasteiger partial charge in [-0.1, -0.05) is 24.3 Å². The van der Waals surface area contributed by atoms with Gasteiger partial charge in [-0.25, -0.2) is 27.5 Å². The number of anilines is 1. The van der Waals surface area contributed by atoms with Crippen molar-refractivity contribution >= 4 is 39.5 Å². The van der Waals surface area contributed by atoms with E-state index in [1.807, 2.05) is 4.90 Å². The van der Waals surface area contributed by atoms with Crippen molar-refractivity contribution in [3.8, 4) is 17.3 Å². The van der Waals surface area contributed by atoms with E-state index in [4.69, 9.17) is 9.72 Å². The predicted molar refractivity (Wildman–Crippen MR) is 188 cm³/mol. The summed E-state index contributed by atoms with van der Waals surface area (Å²) in [5.41, 5.74) is -0.129. The summed E-state index contributed by atoms with van der Waals surface area (Å²) in [7, 11) is 1.81. The van der Waals surface area contributed by atoms with E-state index < -0.39 is 29.2 Å². The Morgan fingerprint density at radius 3 is 2.77 bits per heavy atom. The van der Waals surface area contributed by atoms with Crippen molar-refractivity contribution in [2.24, 2.45) is 0 Å². The number of likely N-dealkylation sites (N-methyl/N-ethyl adjacent to an activating group) is 1. The van der Waals surface area contributed by atoms with Gasteiger partial charge in [-0.15, -0.1) is 0 Å². The summed E-state index contributed by atoms with van der Waals surface area (Å²) in [6.07, 6.45) is 7.83. The van der Waals surface area contributed by atoms with Gasteiger partial charge in [-0.3, -0.25) is 14.7 Å². The topological polar surface area (TPSA) is 100 Å². The number of nitrogens with zero attached hydrogens (tertiary/aromatic N) is 8. The zero-order chi connectivity index (χ0) is 36.1. The van der Waals surface area contributed by atoms with Crippen LogP contribution in [0.15, 0.2) is 54.9 Å². The molecule has 3 aromatic heterocycles. The number of carbonyl (C=O) groups excluding carboxylic acids is 1. The molecule has 0 spiro atoms. The Hall–Kier alpha value is -5.24. The Bertz CT molecular complexity index is 2240. The fourth-order valence-corrected chi connectivity index (χ4v) is 7.96. The van der Waals surface area contributed by atoms with E-state index >= 15 is 8.78 Å². The number of alkyl halides is 1. The van der Waals surface area contributed by atoms with Gasteiger partial charge in [-0.2, -0.15) is 9.97 Å². The molecule has 0 saturated carbocycles. The summed E-state index contributed by atoms with van der Waals surface area (Å²) in [6.45, 7) is 3.86. The molecule has 0 radical (unpaired) electrons. The van der Waals surface area contributed by atoms with Crippen LogP contribution >= 0.6 is 0 Å². The number of likely N-dealkylation sites (tertiary alicyclic amines) is 1. The zero-order valence-electron chi connectivity index (χ0n) is 28.7. The minimum atomic E-state index is -1.10. The lowest BCUT2D eigenvalue weighted by molar-refractivity contribution is -0.124. The van der Waals surface area contributed by atoms with Gasteiger partial charge in [0.15, 0.2) is 17.5 Å². The zero-order valence-corrected chi connectivity index (χ0v) is 28.7. The molecule has 8 rings (SSSR count). The third kappa shape index (κ3) is 6.08. The van der Waals surface area contributed by atoms with E-state index in [9.17, 15) is 13.6 Å². The average molecular weight is 713 g/mol. The van der Waals surface area contributed by atoms with E-state index in [-0.39, 0.29) is 52.1 Å². The number of pyridine rings is 1. The van der Waals surface area contributed by atoms with E-state index in [0.29, 0.717) is 55.2 Å². The van der Waals surface area contributed by atoms with Gasteiger partial charge in [0.05, 0.1) is 16.6 Å². The molecule has 3 saturated heterocycles. The second-order valence-electron chi connectivity index (χ2n) is 13.8. The van der Waals surface area contributed by atoms with Crippen LogP contribution in [0.4, 0.5) is 23.4 Å². The molecule has 0 unspecified atom stereocenters. The van der Waals surface area contributed by atoms with E-state index in [1.165, 1.54) is 24.4 Å². The van der Waals surface area contributed by atoms with Crippen LogP contribution in [0.25, 0.3) is 39.0 Å². The lowest BCUT2D eigenvalue weighted by atomic mass is 9.95. The van der Waals surface area contributed by atoms with Gasteiger partial charge in [0.25, 0.3) is 0 Å². The molecule has 5 aromatic rings. The Morgan fingerprint density at radius 2 is 1.92 bits per heavy atom. The Balaban J connectivity index is 1.15. The van der Waals surface area contributed by atoms with Gasteiger partial charge in [0, 0.05) is 68.6 Å². The summed E-state index contributed by atoms with van der Waals surface area (Å²) in [6, 6.07) is 8.59. The number of aryl methyl sites for hydroxylation is 1. The second kappa shape index (κ2) is 13.4. The first kappa shape index (κ1) is 33.9. The third-order valence-corrected chi connectivity index (χ3v) is 10.6. The van der Waals surface area contributed by atoms with Crippen molar-refractivity contribution in [3.63, 3.8) is 0 Å². The normalized spacial score (nSPS) is 21.8. The van der Waals surface area contributed by atoms with Crippen molar-refractivity contribution in [1.82, 2.24) is 34.7 Å². The first-order chi connectivity index (χ1) is 25.1. The van der Waals surface area contributed by atoms with Gasteiger partial charge in [-0.05, 0) is 56.3 Å². The molecule has 52 heavy (non-hydrogen) atoms. The third-order valence-electron chi connectivity index (χ3n) is 10.6. The van der Waals surface area contributed by atoms with Crippen molar-refractivity contribution in [3.05, 3.63) is 83.8 Å². The van der Waals surface area contributed by atoms with E-state index in [1.54, 1.807) is 49.3 Å². The number of aromatic nitrogens is 5. The molecule has 14 heteroatoms. The SMILES string of the molecule is Cc1nccc(/C=C/C(=O)N2CC[C@@H](N(C)c3nc(OC[C@@]45CCCN4C[C@H](F)C5)nc4c(F)c(-c5cccc6ccc(F)c(F)c56)ncc34)C2)n1. The second-order valence-corrected chi connectivity index (χ2v) is 13.8. The summed E-state index contributed by atoms with van der Waals surface area (Å²) in [4.78, 5) is 40.9. The van der Waals surface area contributed by atoms with Crippen LogP contribution < -0.4 is 9.64 Å². The maximum Gasteiger partial charge on any atom is 0.319 e. The smallest absolute Gasteiger partial charge is 0.319 e. The number of rotatable bonds is 8. The molecular weight excluding hydrogens is 676 g/mol. The monoisotopic (exact) mass is 712 g/mol. The maximum absolute atomic E-state index is 16.8. The highest BCUT2D eigenvalue weighted by Crippen LogP contribution is 2.41. The predicted octanol–water partition coefficient (Wildman–Crippen LogP) is 6.07. The van der Waals surface area contributed by atoms with Crippen LogP contribution in [0.5, 0.6) is 6.01 Å². The molecule has 10 nitrogen and oxygen atoms in total. The molecule has 268 valence electrons. The van der Waals surface area contributed by atoms with Gasteiger partial charge < -0.3 is 14.5 Å². The molecule has 3 atom stereocenters. The van der Waals surface area contributed by atoms with Crippen LogP contribution in [0, 0.1) is 24.4 Å². The van der Waals surface area contributed by atoms with Crippen LogP contribution in [0.1, 0.15) is 37.2 Å². The number of fused-ring (bicyclic) bond motifs is 3. The number of ether oxygens (including phenoxy) is 1. The lowest BCUT2D eigenvalue weighted by Gasteiger charge is -2.31. The molecular formula is C38H36F4N8O2. The van der Waals surface area contributed by atoms with Crippen molar-refractivity contribution in [1.29, 1.82) is 0 Å². The first-order valence-electron chi connectivity index (χ1n) is 17.3. The number of hydrogen-bond donors (Lipinski definition) is 0. The van der Waals surface area contributed by atoms with Crippen molar-refractivity contribution in [2.75, 3.05) is 44.7 Å². The van der Waals surface area contributed by atoms with E-state index in [0.717, 1.165) is 25.5 Å². The number of carbonyl (C=O) groups is 1. The summed E-state index contributed by atoms with van der Waals surface area (Å²) < 4.78 is 67.1. The largest absolute Gasteiger partial charge is 0.461 e. The quantitative estimate of drug-likeness (QED) is 0.140. The minimum absolute atomic E-state index is 0.0699. The summed E-state index contributed by atoms with van der Waals surface area (Å²) >= 11 is 0. The first-order valence-corrected chi connectivity index (χ1v) is 17.3. The lowest BCUT2D eigenvalue weighted by Crippen LogP contribution is -2.43. The Kier molecular flexibility index (Phi) is 8.72. The Labute approximate surface area is 297 Å². The summed E-state index contributed by atoms with van der Waals surface area (Å²) in [5, 5.41) is 0.561. The molecule has 6 heterocycles. The number of halogens is 4. The van der Waals surface area contributed by atoms with Crippen LogP contribution in [0.3, 0.4) is 0 Å². The standard InChI is InChI=1S/C38H36F4N8O2/c1-22-43-14-11-25(45-22)8-10-30(51)49-16-12-26(20-49)48(2)36-28-18-44-34(27-6-3-5-23-7-9-29(40)32(41)31(23)27)33(42)35(28)46-37(47-36)52-21-38-13-4-15-50(38)19-24(39)17-38/h3,5-11,14,18,24,26H,4,12-13,15-17,19-21H2,1-2H3/b10-8+/t24-,26-,38+/m1/s1. The fraction of sp³-hybridized carbons (Fsp3) is 0.368. The van der Waals surface area contributed by atoms with Crippen molar-refractivity contribution in [2.45, 2.75) is 50.4 Å². The summed E-state index contributed by atoms with van der Waals surface area (Å²) in [5.74, 6) is -2.27. The maximum atomic E-state index is 16.8. The average Bonchev–Trinajstić information content (AvgIpc) is 3.86. The Morgan fingerprint density at radius 1 is 1.06 bits per heavy atom. The van der Waals surface area contributed by atoms with Crippen molar-refractivity contribution < 1.29 is 27.1 Å². The molecule has 0 bridgehead atoms. The molecule has 0 aliphatic carbocycles. The highest BCUT2D eigenvalue weighted by atomic mass is 19.2. The molecule has 3 aliphatic rings. The molecule has 3 aliphatic heterocycles. The number of hydrogen-bond acceptors (Lipinski definition) is 9. The highest BCUT2D eigenvalue weighted by Gasteiger charge is 2.49. The van der Waals surface area contributed by atoms with E-state index in [2.05, 4.69) is 24.8 Å². The van der Waals surface area contributed by atoms with Crippen LogP contribution in [-0.4, -0.2) is 98.2 Å². The van der Waals surface area contributed by atoms with Gasteiger partial charge in [0.2, 0.25) is 5.91 Å².